The molecule has 7 heteroatoms. The van der Waals surface area contributed by atoms with Gasteiger partial charge in [0.05, 0.1) is 42.3 Å². The second-order valence-electron chi connectivity index (χ2n) is 7.70. The summed E-state index contributed by atoms with van der Waals surface area (Å²) in [6, 6.07) is 20.2. The van der Waals surface area contributed by atoms with E-state index in [1.807, 2.05) is 50.2 Å². The summed E-state index contributed by atoms with van der Waals surface area (Å²) < 4.78 is 16.6. The van der Waals surface area contributed by atoms with Gasteiger partial charge in [-0.3, -0.25) is 4.79 Å². The van der Waals surface area contributed by atoms with Gasteiger partial charge in [0, 0.05) is 17.3 Å². The number of fused-ring (bicyclic) bond motifs is 1. The van der Waals surface area contributed by atoms with Gasteiger partial charge in [0.15, 0.2) is 11.5 Å². The molecule has 0 atom stereocenters. The van der Waals surface area contributed by atoms with Gasteiger partial charge in [-0.2, -0.15) is 0 Å². The first-order valence-corrected chi connectivity index (χ1v) is 11.6. The van der Waals surface area contributed by atoms with E-state index in [9.17, 15) is 9.59 Å². The first-order valence-electron chi connectivity index (χ1n) is 11.6. The molecule has 0 saturated heterocycles. The average Bonchev–Trinajstić information content (AvgIpc) is 3.18. The molecule has 0 fully saturated rings. The highest BCUT2D eigenvalue weighted by molar-refractivity contribution is 6.37. The third-order valence-electron chi connectivity index (χ3n) is 5.41. The van der Waals surface area contributed by atoms with E-state index in [0.717, 1.165) is 16.8 Å². The molecular weight excluding hydrogens is 444 g/mol. The van der Waals surface area contributed by atoms with Gasteiger partial charge >= 0.3 is 5.97 Å². The third kappa shape index (κ3) is 5.14. The standard InChI is InChI=1S/C28H28N2O5/c1-4-33-23-16-21-22(17-24(23)34-5-2)30-27(31)25(21)26(18-10-8-7-9-11-18)29-20-14-12-19(13-15-20)28(32)35-6-3/h7-17,29H,4-6H2,1-3H3,(H,30,31). The minimum Gasteiger partial charge on any atom is -0.490 e. The highest BCUT2D eigenvalue weighted by atomic mass is 16.5. The molecule has 0 bridgehead atoms. The lowest BCUT2D eigenvalue weighted by molar-refractivity contribution is -0.110. The zero-order valence-electron chi connectivity index (χ0n) is 20.0. The fourth-order valence-corrected chi connectivity index (χ4v) is 3.89. The molecular formula is C28H28N2O5. The van der Waals surface area contributed by atoms with Crippen molar-refractivity contribution in [3.8, 4) is 11.5 Å². The van der Waals surface area contributed by atoms with Crippen molar-refractivity contribution < 1.29 is 23.8 Å². The Kier molecular flexibility index (Phi) is 7.35. The average molecular weight is 473 g/mol. The molecule has 0 aliphatic carbocycles. The predicted octanol–water partition coefficient (Wildman–Crippen LogP) is 5.59. The quantitative estimate of drug-likeness (QED) is 0.312. The molecule has 3 aromatic carbocycles. The smallest absolute Gasteiger partial charge is 0.338 e. The number of amides is 1. The summed E-state index contributed by atoms with van der Waals surface area (Å²) in [5.74, 6) is 0.552. The summed E-state index contributed by atoms with van der Waals surface area (Å²) in [7, 11) is 0. The van der Waals surface area contributed by atoms with Gasteiger partial charge in [0.1, 0.15) is 0 Å². The molecule has 35 heavy (non-hydrogen) atoms. The van der Waals surface area contributed by atoms with E-state index in [2.05, 4.69) is 10.6 Å². The Morgan fingerprint density at radius 1 is 0.829 bits per heavy atom. The second kappa shape index (κ2) is 10.8. The van der Waals surface area contributed by atoms with E-state index >= 15 is 0 Å². The lowest BCUT2D eigenvalue weighted by atomic mass is 9.99. The number of hydrogen-bond donors (Lipinski definition) is 2. The Morgan fingerprint density at radius 2 is 1.49 bits per heavy atom. The number of carbonyl (C=O) groups excluding carboxylic acids is 2. The number of rotatable bonds is 9. The number of benzene rings is 3. The first kappa shape index (κ1) is 23.9. The largest absolute Gasteiger partial charge is 0.490 e. The Morgan fingerprint density at radius 3 is 2.11 bits per heavy atom. The van der Waals surface area contributed by atoms with Crippen LogP contribution in [0.3, 0.4) is 0 Å². The fourth-order valence-electron chi connectivity index (χ4n) is 3.89. The van der Waals surface area contributed by atoms with Gasteiger partial charge in [0.2, 0.25) is 0 Å². The maximum Gasteiger partial charge on any atom is 0.338 e. The Hall–Kier alpha value is -4.26. The predicted molar refractivity (Wildman–Crippen MR) is 137 cm³/mol. The Balaban J connectivity index is 1.81. The maximum atomic E-state index is 13.2. The maximum absolute atomic E-state index is 13.2. The van der Waals surface area contributed by atoms with Crippen LogP contribution in [-0.2, 0) is 9.53 Å². The van der Waals surface area contributed by atoms with Crippen LogP contribution >= 0.6 is 0 Å². The molecule has 2 N–H and O–H groups in total. The third-order valence-corrected chi connectivity index (χ3v) is 5.41. The van der Waals surface area contributed by atoms with Crippen molar-refractivity contribution in [2.24, 2.45) is 0 Å². The van der Waals surface area contributed by atoms with E-state index in [1.54, 1.807) is 37.3 Å². The molecule has 1 amide bonds. The van der Waals surface area contributed by atoms with Crippen molar-refractivity contribution in [3.05, 3.63) is 83.4 Å². The van der Waals surface area contributed by atoms with E-state index in [0.29, 0.717) is 53.8 Å². The summed E-state index contributed by atoms with van der Waals surface area (Å²) in [6.45, 7) is 6.83. The number of anilines is 2. The van der Waals surface area contributed by atoms with Crippen LogP contribution in [0.5, 0.6) is 11.5 Å². The van der Waals surface area contributed by atoms with Crippen LogP contribution < -0.4 is 20.1 Å². The van der Waals surface area contributed by atoms with Crippen molar-refractivity contribution in [3.63, 3.8) is 0 Å². The monoisotopic (exact) mass is 472 g/mol. The van der Waals surface area contributed by atoms with E-state index in [-0.39, 0.29) is 11.9 Å². The molecule has 3 aromatic rings. The normalized spacial score (nSPS) is 13.5. The molecule has 1 aliphatic rings. The zero-order chi connectivity index (χ0) is 24.8. The van der Waals surface area contributed by atoms with Crippen molar-refractivity contribution >= 4 is 34.5 Å². The molecule has 1 aliphatic heterocycles. The van der Waals surface area contributed by atoms with Crippen LogP contribution in [0, 0.1) is 0 Å². The summed E-state index contributed by atoms with van der Waals surface area (Å²) in [6.07, 6.45) is 0. The highest BCUT2D eigenvalue weighted by Gasteiger charge is 2.30. The molecule has 1 heterocycles. The molecule has 180 valence electrons. The van der Waals surface area contributed by atoms with Crippen LogP contribution in [0.25, 0.3) is 11.3 Å². The van der Waals surface area contributed by atoms with Crippen LogP contribution in [0.4, 0.5) is 11.4 Å². The van der Waals surface area contributed by atoms with Crippen molar-refractivity contribution in [2.45, 2.75) is 20.8 Å². The highest BCUT2D eigenvalue weighted by Crippen LogP contribution is 2.43. The van der Waals surface area contributed by atoms with E-state index < -0.39 is 0 Å². The molecule has 0 aromatic heterocycles. The van der Waals surface area contributed by atoms with Gasteiger partial charge in [-0.05, 0) is 56.7 Å². The lowest BCUT2D eigenvalue weighted by Gasteiger charge is -2.16. The minimum atomic E-state index is -0.377. The molecule has 4 rings (SSSR count). The van der Waals surface area contributed by atoms with E-state index in [4.69, 9.17) is 14.2 Å². The first-order chi connectivity index (χ1) is 17.0. The lowest BCUT2D eigenvalue weighted by Crippen LogP contribution is -2.10. The van der Waals surface area contributed by atoms with Crippen LogP contribution in [0.15, 0.2) is 66.7 Å². The number of carbonyl (C=O) groups is 2. The van der Waals surface area contributed by atoms with Gasteiger partial charge in [0.25, 0.3) is 5.91 Å². The number of ether oxygens (including phenoxy) is 3. The number of hydrogen-bond acceptors (Lipinski definition) is 6. The van der Waals surface area contributed by atoms with Gasteiger partial charge in [-0.15, -0.1) is 0 Å². The van der Waals surface area contributed by atoms with Gasteiger partial charge in [-0.1, -0.05) is 30.3 Å². The fraction of sp³-hybridized carbons (Fsp3) is 0.214. The van der Waals surface area contributed by atoms with Crippen LogP contribution in [0.2, 0.25) is 0 Å². The molecule has 0 radical (unpaired) electrons. The van der Waals surface area contributed by atoms with Gasteiger partial charge in [-0.25, -0.2) is 4.79 Å². The minimum absolute atomic E-state index is 0.231. The Bertz CT molecular complexity index is 1250. The van der Waals surface area contributed by atoms with Crippen molar-refractivity contribution in [1.82, 2.24) is 0 Å². The summed E-state index contributed by atoms with van der Waals surface area (Å²) >= 11 is 0. The summed E-state index contributed by atoms with van der Waals surface area (Å²) in [5.41, 5.74) is 4.52. The zero-order valence-corrected chi connectivity index (χ0v) is 20.0. The van der Waals surface area contributed by atoms with Crippen molar-refractivity contribution in [1.29, 1.82) is 0 Å². The molecule has 0 saturated carbocycles. The van der Waals surface area contributed by atoms with Gasteiger partial charge < -0.3 is 24.8 Å². The molecule has 7 nitrogen and oxygen atoms in total. The SMILES string of the molecule is CCOC(=O)c1ccc(NC(=C2C(=O)Nc3cc(OCC)c(OCC)cc32)c2ccccc2)cc1. The number of nitrogens with one attached hydrogen (secondary N) is 2. The molecule has 0 spiro atoms. The Labute approximate surface area is 204 Å². The summed E-state index contributed by atoms with van der Waals surface area (Å²) in [5, 5.41) is 6.35. The van der Waals surface area contributed by atoms with E-state index in [1.165, 1.54) is 0 Å². The van der Waals surface area contributed by atoms with Crippen LogP contribution in [0.1, 0.15) is 42.3 Å². The number of esters is 1. The summed E-state index contributed by atoms with van der Waals surface area (Å²) in [4.78, 5) is 25.3. The topological polar surface area (TPSA) is 85.9 Å². The van der Waals surface area contributed by atoms with Crippen LogP contribution in [-0.4, -0.2) is 31.7 Å². The second-order valence-corrected chi connectivity index (χ2v) is 7.70. The van der Waals surface area contributed by atoms with Crippen molar-refractivity contribution in [2.75, 3.05) is 30.5 Å². The molecule has 0 unspecified atom stereocenters.